The van der Waals surface area contributed by atoms with Crippen LogP contribution in [-0.2, 0) is 16.6 Å². The summed E-state index contributed by atoms with van der Waals surface area (Å²) >= 11 is 5.72. The summed E-state index contributed by atoms with van der Waals surface area (Å²) < 4.78 is 26.1. The lowest BCUT2D eigenvalue weighted by Gasteiger charge is -2.06. The molecule has 0 saturated heterocycles. The molecule has 0 spiro atoms. The molecule has 0 fully saturated rings. The van der Waals surface area contributed by atoms with Gasteiger partial charge in [-0.1, -0.05) is 16.8 Å². The molecule has 2 rings (SSSR count). The Bertz CT molecular complexity index is 731. The number of hydrogen-bond acceptors (Lipinski definition) is 6. The van der Waals surface area contributed by atoms with E-state index in [9.17, 15) is 13.2 Å². The summed E-state index contributed by atoms with van der Waals surface area (Å²) in [5.74, 6) is -1.07. The van der Waals surface area contributed by atoms with Gasteiger partial charge in [0.25, 0.3) is 0 Å². The topological polar surface area (TPSA) is 138 Å². The normalized spacial score (nSPS) is 11.4. The Morgan fingerprint density at radius 3 is 2.75 bits per heavy atom. The molecule has 0 aliphatic heterocycles. The smallest absolute Gasteiger partial charge is 0.337 e. The molecular weight excluding hydrogens is 310 g/mol. The third-order valence-electron chi connectivity index (χ3n) is 2.29. The van der Waals surface area contributed by atoms with E-state index < -0.39 is 16.0 Å². The lowest BCUT2D eigenvalue weighted by atomic mass is 10.2. The van der Waals surface area contributed by atoms with Crippen LogP contribution in [0, 0.1) is 0 Å². The van der Waals surface area contributed by atoms with Crippen molar-refractivity contribution in [3.63, 3.8) is 0 Å². The van der Waals surface area contributed by atoms with Gasteiger partial charge in [0.15, 0.2) is 5.82 Å². The quantitative estimate of drug-likeness (QED) is 0.707. The summed E-state index contributed by atoms with van der Waals surface area (Å²) in [6.45, 7) is -0.156. The van der Waals surface area contributed by atoms with Crippen LogP contribution < -0.4 is 4.72 Å². The van der Waals surface area contributed by atoms with E-state index in [1.54, 1.807) is 0 Å². The Kier molecular flexibility index (Phi) is 3.97. The Morgan fingerprint density at radius 2 is 2.20 bits per heavy atom. The van der Waals surface area contributed by atoms with Crippen molar-refractivity contribution in [3.8, 4) is 0 Å². The van der Waals surface area contributed by atoms with Gasteiger partial charge < -0.3 is 5.11 Å². The number of rotatable bonds is 5. The maximum absolute atomic E-state index is 12.0. The molecule has 20 heavy (non-hydrogen) atoms. The van der Waals surface area contributed by atoms with Crippen LogP contribution in [0.2, 0.25) is 5.02 Å². The van der Waals surface area contributed by atoms with Crippen LogP contribution in [0.3, 0.4) is 0 Å². The van der Waals surface area contributed by atoms with Gasteiger partial charge >= 0.3 is 5.97 Å². The minimum Gasteiger partial charge on any atom is -0.478 e. The highest BCUT2D eigenvalue weighted by Gasteiger charge is 2.18. The van der Waals surface area contributed by atoms with E-state index in [4.69, 9.17) is 16.7 Å². The molecule has 1 aromatic heterocycles. The third kappa shape index (κ3) is 3.10. The predicted octanol–water partition coefficient (Wildman–Crippen LogP) is 0.0298. The van der Waals surface area contributed by atoms with Gasteiger partial charge in [-0.2, -0.15) is 5.21 Å². The van der Waals surface area contributed by atoms with Crippen molar-refractivity contribution in [2.75, 3.05) is 0 Å². The average Bonchev–Trinajstić information content (AvgIpc) is 2.89. The first kappa shape index (κ1) is 14.4. The summed E-state index contributed by atoms with van der Waals surface area (Å²) in [4.78, 5) is 10.6. The zero-order valence-electron chi connectivity index (χ0n) is 9.74. The molecule has 0 unspecified atom stereocenters. The maximum Gasteiger partial charge on any atom is 0.337 e. The fraction of sp³-hybridized carbons (Fsp3) is 0.111. The number of aromatic amines is 1. The number of hydrogen-bond donors (Lipinski definition) is 3. The van der Waals surface area contributed by atoms with Crippen LogP contribution in [-0.4, -0.2) is 40.1 Å². The largest absolute Gasteiger partial charge is 0.478 e. The van der Waals surface area contributed by atoms with E-state index in [1.807, 2.05) is 0 Å². The van der Waals surface area contributed by atoms with Gasteiger partial charge in [0.05, 0.1) is 22.0 Å². The highest BCUT2D eigenvalue weighted by atomic mass is 35.5. The summed E-state index contributed by atoms with van der Waals surface area (Å²) in [6, 6.07) is 3.32. The van der Waals surface area contributed by atoms with Crippen molar-refractivity contribution < 1.29 is 18.3 Å². The van der Waals surface area contributed by atoms with E-state index in [1.165, 1.54) is 0 Å². The molecule has 11 heteroatoms. The molecule has 0 aliphatic rings. The second-order valence-corrected chi connectivity index (χ2v) is 5.77. The van der Waals surface area contributed by atoms with Crippen LogP contribution >= 0.6 is 11.6 Å². The van der Waals surface area contributed by atoms with E-state index in [-0.39, 0.29) is 27.9 Å². The average molecular weight is 318 g/mol. The van der Waals surface area contributed by atoms with Crippen molar-refractivity contribution in [2.24, 2.45) is 0 Å². The first-order valence-corrected chi connectivity index (χ1v) is 7.01. The summed E-state index contributed by atoms with van der Waals surface area (Å²) in [5.41, 5.74) is -0.177. The van der Waals surface area contributed by atoms with Crippen LogP contribution in [0.15, 0.2) is 23.1 Å². The number of sulfonamides is 1. The van der Waals surface area contributed by atoms with Crippen LogP contribution in [0.4, 0.5) is 0 Å². The number of carboxylic acids is 1. The lowest BCUT2D eigenvalue weighted by Crippen LogP contribution is -2.24. The third-order valence-corrected chi connectivity index (χ3v) is 4.00. The number of aromatic carboxylic acids is 1. The van der Waals surface area contributed by atoms with Gasteiger partial charge in [0.2, 0.25) is 10.0 Å². The molecule has 0 radical (unpaired) electrons. The second kappa shape index (κ2) is 5.53. The standard InChI is InChI=1S/C9H8ClN5O4S/c10-7-3-5(1-2-6(7)9(16)17)20(18,19)11-4-8-12-14-15-13-8/h1-3,11H,4H2,(H,16,17)(H,12,13,14,15). The monoisotopic (exact) mass is 317 g/mol. The molecule has 0 aliphatic carbocycles. The molecular formula is C9H8ClN5O4S. The molecule has 3 N–H and O–H groups in total. The van der Waals surface area contributed by atoms with Gasteiger partial charge in [0, 0.05) is 0 Å². The second-order valence-electron chi connectivity index (χ2n) is 3.60. The SMILES string of the molecule is O=C(O)c1ccc(S(=O)(=O)NCc2nn[nH]n2)cc1Cl. The number of H-pyrrole nitrogens is 1. The highest BCUT2D eigenvalue weighted by Crippen LogP contribution is 2.20. The maximum atomic E-state index is 12.0. The fourth-order valence-electron chi connectivity index (χ4n) is 1.34. The molecule has 0 bridgehead atoms. The van der Waals surface area contributed by atoms with Crippen LogP contribution in [0.5, 0.6) is 0 Å². The zero-order chi connectivity index (χ0) is 14.8. The molecule has 2 aromatic rings. The van der Waals surface area contributed by atoms with Crippen LogP contribution in [0.1, 0.15) is 16.2 Å². The summed E-state index contributed by atoms with van der Waals surface area (Å²) in [5, 5.41) is 21.3. The van der Waals surface area contributed by atoms with E-state index >= 15 is 0 Å². The number of tetrazole rings is 1. The minimum absolute atomic E-state index is 0.156. The van der Waals surface area contributed by atoms with E-state index in [0.29, 0.717) is 0 Å². The Labute approximate surface area is 118 Å². The number of nitrogens with one attached hydrogen (secondary N) is 2. The number of carboxylic acid groups (broad SMARTS) is 1. The van der Waals surface area contributed by atoms with Crippen molar-refractivity contribution in [2.45, 2.75) is 11.4 Å². The molecule has 0 saturated carbocycles. The highest BCUT2D eigenvalue weighted by molar-refractivity contribution is 7.89. The van der Waals surface area contributed by atoms with Gasteiger partial charge in [0.1, 0.15) is 0 Å². The fourth-order valence-corrected chi connectivity index (χ4v) is 2.67. The molecule has 9 nitrogen and oxygen atoms in total. The first-order valence-electron chi connectivity index (χ1n) is 5.15. The van der Waals surface area contributed by atoms with Gasteiger partial charge in [-0.15, -0.1) is 10.2 Å². The number of nitrogens with zero attached hydrogens (tertiary/aromatic N) is 3. The predicted molar refractivity (Wildman–Crippen MR) is 66.6 cm³/mol. The van der Waals surface area contributed by atoms with Gasteiger partial charge in [-0.3, -0.25) is 0 Å². The molecule has 106 valence electrons. The number of benzene rings is 1. The molecule has 0 amide bonds. The zero-order valence-corrected chi connectivity index (χ0v) is 11.3. The molecule has 0 atom stereocenters. The van der Waals surface area contributed by atoms with Crippen molar-refractivity contribution in [1.82, 2.24) is 25.3 Å². The molecule has 1 heterocycles. The summed E-state index contributed by atoms with van der Waals surface area (Å²) in [7, 11) is -3.85. The number of halogens is 1. The lowest BCUT2D eigenvalue weighted by molar-refractivity contribution is 0.0697. The Hall–Kier alpha value is -2.04. The van der Waals surface area contributed by atoms with Crippen molar-refractivity contribution in [1.29, 1.82) is 0 Å². The van der Waals surface area contributed by atoms with Crippen molar-refractivity contribution in [3.05, 3.63) is 34.6 Å². The number of carbonyl (C=O) groups is 1. The first-order chi connectivity index (χ1) is 9.40. The van der Waals surface area contributed by atoms with E-state index in [0.717, 1.165) is 18.2 Å². The minimum atomic E-state index is -3.85. The van der Waals surface area contributed by atoms with Gasteiger partial charge in [-0.05, 0) is 18.2 Å². The van der Waals surface area contributed by atoms with Gasteiger partial charge in [-0.25, -0.2) is 17.9 Å². The Balaban J connectivity index is 2.21. The summed E-state index contributed by atoms with van der Waals surface area (Å²) in [6.07, 6.45) is 0. The van der Waals surface area contributed by atoms with Crippen LogP contribution in [0.25, 0.3) is 0 Å². The molecule has 1 aromatic carbocycles. The van der Waals surface area contributed by atoms with E-state index in [2.05, 4.69) is 25.3 Å². The number of aromatic nitrogens is 4. The van der Waals surface area contributed by atoms with Crippen molar-refractivity contribution >= 4 is 27.6 Å². The Morgan fingerprint density at radius 1 is 1.45 bits per heavy atom.